The first-order valence-corrected chi connectivity index (χ1v) is 6.28. The molecule has 1 aromatic carbocycles. The fourth-order valence-electron chi connectivity index (χ4n) is 2.48. The lowest BCUT2D eigenvalue weighted by atomic mass is 9.94. The molecule has 1 amide bonds. The Morgan fingerprint density at radius 1 is 1.41 bits per heavy atom. The van der Waals surface area contributed by atoms with Gasteiger partial charge in [-0.05, 0) is 31.4 Å². The zero-order valence-corrected chi connectivity index (χ0v) is 10.3. The normalized spacial score (nSPS) is 24.3. The van der Waals surface area contributed by atoms with Crippen LogP contribution in [0.3, 0.4) is 0 Å². The van der Waals surface area contributed by atoms with Crippen LogP contribution in [0.4, 0.5) is 0 Å². The largest absolute Gasteiger partial charge is 0.354 e. The molecule has 2 atom stereocenters. The Balaban J connectivity index is 1.87. The van der Waals surface area contributed by atoms with Crippen molar-refractivity contribution in [3.05, 3.63) is 35.9 Å². The molecule has 0 radical (unpaired) electrons. The summed E-state index contributed by atoms with van der Waals surface area (Å²) in [7, 11) is 0. The summed E-state index contributed by atoms with van der Waals surface area (Å²) in [6.07, 6.45) is 3.09. The molecule has 2 rings (SSSR count). The van der Waals surface area contributed by atoms with Gasteiger partial charge in [-0.1, -0.05) is 30.3 Å². The Morgan fingerprint density at radius 3 is 2.88 bits per heavy atom. The number of carbonyl (C=O) groups excluding carboxylic acids is 1. The van der Waals surface area contributed by atoms with Gasteiger partial charge in [-0.2, -0.15) is 0 Å². The van der Waals surface area contributed by atoms with E-state index in [-0.39, 0.29) is 5.91 Å². The molecule has 2 N–H and O–H groups in total. The van der Waals surface area contributed by atoms with E-state index < -0.39 is 0 Å². The number of hydrogen-bond donors (Lipinski definition) is 2. The Kier molecular flexibility index (Phi) is 4.15. The summed E-state index contributed by atoms with van der Waals surface area (Å²) in [5.41, 5.74) is 1.36. The van der Waals surface area contributed by atoms with Crippen LogP contribution in [0.25, 0.3) is 0 Å². The average molecular weight is 232 g/mol. The first-order chi connectivity index (χ1) is 8.24. The second kappa shape index (κ2) is 5.82. The molecular weight excluding hydrogens is 212 g/mol. The molecule has 1 aliphatic rings. The van der Waals surface area contributed by atoms with Crippen molar-refractivity contribution in [1.29, 1.82) is 0 Å². The van der Waals surface area contributed by atoms with Gasteiger partial charge in [0.2, 0.25) is 5.91 Å². The molecule has 3 heteroatoms. The van der Waals surface area contributed by atoms with Crippen molar-refractivity contribution in [3.63, 3.8) is 0 Å². The maximum atomic E-state index is 11.0. The van der Waals surface area contributed by atoms with Crippen LogP contribution in [0.1, 0.15) is 25.3 Å². The van der Waals surface area contributed by atoms with Crippen LogP contribution in [-0.2, 0) is 11.2 Å². The minimum Gasteiger partial charge on any atom is -0.354 e. The number of hydrogen-bond acceptors (Lipinski definition) is 2. The third-order valence-corrected chi connectivity index (χ3v) is 3.23. The molecular formula is C14H20N2O. The number of benzene rings is 1. The van der Waals surface area contributed by atoms with E-state index >= 15 is 0 Å². The molecule has 0 aromatic heterocycles. The van der Waals surface area contributed by atoms with Crippen molar-refractivity contribution in [2.24, 2.45) is 0 Å². The summed E-state index contributed by atoms with van der Waals surface area (Å²) in [4.78, 5) is 11.0. The monoisotopic (exact) mass is 232 g/mol. The Bertz CT molecular complexity index is 364. The lowest BCUT2D eigenvalue weighted by molar-refractivity contribution is -0.119. The fraction of sp³-hybridized carbons (Fsp3) is 0.500. The zero-order valence-electron chi connectivity index (χ0n) is 10.3. The van der Waals surface area contributed by atoms with Gasteiger partial charge in [0.15, 0.2) is 0 Å². The highest BCUT2D eigenvalue weighted by Crippen LogP contribution is 2.13. The van der Waals surface area contributed by atoms with Crippen molar-refractivity contribution in [1.82, 2.24) is 10.6 Å². The number of amides is 1. The predicted molar refractivity (Wildman–Crippen MR) is 68.8 cm³/mol. The van der Waals surface area contributed by atoms with Crippen molar-refractivity contribution in [3.8, 4) is 0 Å². The molecule has 1 aliphatic heterocycles. The van der Waals surface area contributed by atoms with Crippen LogP contribution in [-0.4, -0.2) is 24.5 Å². The van der Waals surface area contributed by atoms with E-state index in [1.165, 1.54) is 5.56 Å². The second-order valence-electron chi connectivity index (χ2n) is 4.76. The molecule has 17 heavy (non-hydrogen) atoms. The third-order valence-electron chi connectivity index (χ3n) is 3.23. The highest BCUT2D eigenvalue weighted by atomic mass is 16.1. The summed E-state index contributed by atoms with van der Waals surface area (Å²) in [5.74, 6) is 0.0790. The maximum Gasteiger partial charge on any atom is 0.217 e. The molecule has 1 heterocycles. The number of piperidine rings is 1. The third kappa shape index (κ3) is 3.86. The van der Waals surface area contributed by atoms with E-state index in [9.17, 15) is 4.79 Å². The lowest BCUT2D eigenvalue weighted by Crippen LogP contribution is -2.48. The molecule has 92 valence electrons. The summed E-state index contributed by atoms with van der Waals surface area (Å²) in [6, 6.07) is 11.3. The van der Waals surface area contributed by atoms with Gasteiger partial charge in [-0.3, -0.25) is 4.79 Å². The lowest BCUT2D eigenvalue weighted by Gasteiger charge is -2.30. The van der Waals surface area contributed by atoms with Gasteiger partial charge in [0.05, 0.1) is 0 Å². The van der Waals surface area contributed by atoms with Crippen molar-refractivity contribution < 1.29 is 4.79 Å². The minimum atomic E-state index is 0.0790. The smallest absolute Gasteiger partial charge is 0.217 e. The molecule has 1 saturated heterocycles. The van der Waals surface area contributed by atoms with Crippen LogP contribution < -0.4 is 10.6 Å². The van der Waals surface area contributed by atoms with Crippen molar-refractivity contribution in [2.45, 2.75) is 38.3 Å². The topological polar surface area (TPSA) is 41.1 Å². The van der Waals surface area contributed by atoms with Gasteiger partial charge in [-0.25, -0.2) is 0 Å². The SMILES string of the molecule is CC(=O)NC1CCNC(Cc2ccccc2)C1. The van der Waals surface area contributed by atoms with E-state index in [2.05, 4.69) is 34.9 Å². The van der Waals surface area contributed by atoms with Gasteiger partial charge in [0.1, 0.15) is 0 Å². The summed E-state index contributed by atoms with van der Waals surface area (Å²) >= 11 is 0. The van der Waals surface area contributed by atoms with Gasteiger partial charge < -0.3 is 10.6 Å². The predicted octanol–water partition coefficient (Wildman–Crippen LogP) is 1.49. The zero-order chi connectivity index (χ0) is 12.1. The van der Waals surface area contributed by atoms with Crippen LogP contribution in [0.5, 0.6) is 0 Å². The average Bonchev–Trinajstić information content (AvgIpc) is 2.30. The van der Waals surface area contributed by atoms with Crippen molar-refractivity contribution >= 4 is 5.91 Å². The summed E-state index contributed by atoms with van der Waals surface area (Å²) in [6.45, 7) is 2.58. The Hall–Kier alpha value is -1.35. The second-order valence-corrected chi connectivity index (χ2v) is 4.76. The van der Waals surface area contributed by atoms with Gasteiger partial charge in [0.25, 0.3) is 0 Å². The van der Waals surface area contributed by atoms with E-state index in [0.717, 1.165) is 25.8 Å². The van der Waals surface area contributed by atoms with Crippen LogP contribution in [0, 0.1) is 0 Å². The first kappa shape index (κ1) is 12.1. The number of rotatable bonds is 3. The molecule has 0 saturated carbocycles. The standard InChI is InChI=1S/C14H20N2O/c1-11(17)16-13-7-8-15-14(10-13)9-12-5-3-2-4-6-12/h2-6,13-15H,7-10H2,1H3,(H,16,17). The maximum absolute atomic E-state index is 11.0. The van der Waals surface area contributed by atoms with E-state index in [0.29, 0.717) is 12.1 Å². The van der Waals surface area contributed by atoms with Gasteiger partial charge >= 0.3 is 0 Å². The highest BCUT2D eigenvalue weighted by molar-refractivity contribution is 5.73. The summed E-state index contributed by atoms with van der Waals surface area (Å²) < 4.78 is 0. The van der Waals surface area contributed by atoms with Crippen LogP contribution in [0.15, 0.2) is 30.3 Å². The Labute approximate surface area is 103 Å². The highest BCUT2D eigenvalue weighted by Gasteiger charge is 2.21. The number of nitrogens with one attached hydrogen (secondary N) is 2. The van der Waals surface area contributed by atoms with E-state index in [1.807, 2.05) is 6.07 Å². The van der Waals surface area contributed by atoms with E-state index in [1.54, 1.807) is 6.92 Å². The molecule has 1 aromatic rings. The summed E-state index contributed by atoms with van der Waals surface area (Å²) in [5, 5.41) is 6.54. The van der Waals surface area contributed by atoms with Crippen LogP contribution in [0.2, 0.25) is 0 Å². The molecule has 2 unspecified atom stereocenters. The minimum absolute atomic E-state index is 0.0790. The molecule has 1 fully saturated rings. The fourth-order valence-corrected chi connectivity index (χ4v) is 2.48. The quantitative estimate of drug-likeness (QED) is 0.829. The van der Waals surface area contributed by atoms with Gasteiger partial charge in [0, 0.05) is 19.0 Å². The van der Waals surface area contributed by atoms with Crippen LogP contribution >= 0.6 is 0 Å². The van der Waals surface area contributed by atoms with E-state index in [4.69, 9.17) is 0 Å². The van der Waals surface area contributed by atoms with Crippen molar-refractivity contribution in [2.75, 3.05) is 6.54 Å². The first-order valence-electron chi connectivity index (χ1n) is 6.28. The molecule has 0 aliphatic carbocycles. The number of carbonyl (C=O) groups is 1. The van der Waals surface area contributed by atoms with Gasteiger partial charge in [-0.15, -0.1) is 0 Å². The molecule has 0 spiro atoms. The Morgan fingerprint density at radius 2 is 2.18 bits per heavy atom. The molecule has 3 nitrogen and oxygen atoms in total. The molecule has 0 bridgehead atoms.